The van der Waals surface area contributed by atoms with Crippen LogP contribution < -0.4 is 11.1 Å². The van der Waals surface area contributed by atoms with Crippen molar-refractivity contribution in [2.75, 3.05) is 18.6 Å². The molecule has 0 unspecified atom stereocenters. The van der Waals surface area contributed by atoms with Crippen LogP contribution in [0.15, 0.2) is 24.3 Å². The molecule has 0 bridgehead atoms. The first-order chi connectivity index (χ1) is 11.5. The first kappa shape index (κ1) is 21.0. The third-order valence-corrected chi connectivity index (χ3v) is 4.46. The van der Waals surface area contributed by atoms with Gasteiger partial charge in [-0.1, -0.05) is 0 Å². The minimum absolute atomic E-state index is 0.101. The van der Waals surface area contributed by atoms with Crippen molar-refractivity contribution in [2.45, 2.75) is 24.6 Å². The van der Waals surface area contributed by atoms with Gasteiger partial charge in [0, 0.05) is 18.4 Å². The Morgan fingerprint density at radius 1 is 1.36 bits per heavy atom. The molecule has 1 aromatic rings. The Kier molecular flexibility index (Phi) is 7.42. The number of benzene rings is 1. The van der Waals surface area contributed by atoms with E-state index in [1.807, 2.05) is 0 Å². The van der Waals surface area contributed by atoms with Crippen molar-refractivity contribution in [3.8, 4) is 0 Å². The van der Waals surface area contributed by atoms with Crippen LogP contribution in [0, 0.1) is 10.1 Å². The van der Waals surface area contributed by atoms with Crippen LogP contribution in [-0.2, 0) is 14.6 Å². The zero-order chi connectivity index (χ0) is 19.2. The van der Waals surface area contributed by atoms with E-state index in [2.05, 4.69) is 5.32 Å². The van der Waals surface area contributed by atoms with Crippen molar-refractivity contribution in [1.29, 1.82) is 0 Å². The van der Waals surface area contributed by atoms with E-state index >= 15 is 0 Å². The lowest BCUT2D eigenvalue weighted by atomic mass is 10.0. The monoisotopic (exact) mass is 375 g/mol. The fourth-order valence-corrected chi connectivity index (χ4v) is 2.69. The molecule has 0 aliphatic heterocycles. The van der Waals surface area contributed by atoms with Crippen LogP contribution in [0.3, 0.4) is 0 Å². The predicted molar refractivity (Wildman–Crippen MR) is 89.4 cm³/mol. The SMILES string of the molecule is CS(=O)(=O)CC[C@H](N)C(=O)N[C@H](CO)[C@H](O)c1ccc([N+](=O)[O-])cc1. The van der Waals surface area contributed by atoms with Gasteiger partial charge < -0.3 is 21.3 Å². The number of sulfone groups is 1. The maximum atomic E-state index is 12.0. The number of rotatable bonds is 9. The highest BCUT2D eigenvalue weighted by Crippen LogP contribution is 2.20. The van der Waals surface area contributed by atoms with Gasteiger partial charge in [0.25, 0.3) is 5.69 Å². The first-order valence-corrected chi connectivity index (χ1v) is 9.38. The lowest BCUT2D eigenvalue weighted by molar-refractivity contribution is -0.384. The third kappa shape index (κ3) is 6.74. The number of nitro benzene ring substituents is 1. The van der Waals surface area contributed by atoms with Crippen molar-refractivity contribution < 1.29 is 28.3 Å². The summed E-state index contributed by atoms with van der Waals surface area (Å²) >= 11 is 0. The second-order valence-electron chi connectivity index (χ2n) is 5.62. The highest BCUT2D eigenvalue weighted by atomic mass is 32.2. The van der Waals surface area contributed by atoms with Gasteiger partial charge in [-0.2, -0.15) is 0 Å². The highest BCUT2D eigenvalue weighted by molar-refractivity contribution is 7.90. The van der Waals surface area contributed by atoms with E-state index in [4.69, 9.17) is 5.73 Å². The van der Waals surface area contributed by atoms with Crippen LogP contribution in [0.1, 0.15) is 18.1 Å². The summed E-state index contributed by atoms with van der Waals surface area (Å²) in [5.41, 5.74) is 5.70. The van der Waals surface area contributed by atoms with Gasteiger partial charge in [-0.25, -0.2) is 8.42 Å². The summed E-state index contributed by atoms with van der Waals surface area (Å²) in [5.74, 6) is -0.986. The summed E-state index contributed by atoms with van der Waals surface area (Å²) < 4.78 is 22.2. The number of non-ortho nitro benzene ring substituents is 1. The summed E-state index contributed by atoms with van der Waals surface area (Å²) in [6, 6.07) is 2.77. The molecule has 11 heteroatoms. The molecule has 25 heavy (non-hydrogen) atoms. The molecule has 5 N–H and O–H groups in total. The second kappa shape index (κ2) is 8.85. The quantitative estimate of drug-likeness (QED) is 0.310. The topological polar surface area (TPSA) is 173 Å². The number of aliphatic hydroxyl groups is 2. The van der Waals surface area contributed by atoms with Crippen LogP contribution >= 0.6 is 0 Å². The van der Waals surface area contributed by atoms with Crippen molar-refractivity contribution in [3.63, 3.8) is 0 Å². The van der Waals surface area contributed by atoms with E-state index in [-0.39, 0.29) is 23.4 Å². The fraction of sp³-hybridized carbons (Fsp3) is 0.500. The largest absolute Gasteiger partial charge is 0.394 e. The smallest absolute Gasteiger partial charge is 0.269 e. The van der Waals surface area contributed by atoms with Gasteiger partial charge in [0.1, 0.15) is 15.9 Å². The Bertz CT molecular complexity index is 706. The molecule has 0 aliphatic carbocycles. The van der Waals surface area contributed by atoms with E-state index in [0.29, 0.717) is 0 Å². The molecular formula is C14H21N3O7S. The van der Waals surface area contributed by atoms with Gasteiger partial charge in [-0.3, -0.25) is 14.9 Å². The number of nitrogens with zero attached hydrogens (tertiary/aromatic N) is 1. The zero-order valence-electron chi connectivity index (χ0n) is 13.5. The van der Waals surface area contributed by atoms with Crippen LogP contribution in [0.2, 0.25) is 0 Å². The number of nitro groups is 1. The Morgan fingerprint density at radius 2 is 1.92 bits per heavy atom. The predicted octanol–water partition coefficient (Wildman–Crippen LogP) is -1.13. The number of hydrogen-bond acceptors (Lipinski definition) is 8. The number of aliphatic hydroxyl groups excluding tert-OH is 2. The van der Waals surface area contributed by atoms with E-state index in [1.165, 1.54) is 24.3 Å². The number of carbonyl (C=O) groups excluding carboxylic acids is 1. The standard InChI is InChI=1S/C14H21N3O7S/c1-25(23,24)7-6-11(15)14(20)16-12(8-18)13(19)9-2-4-10(5-3-9)17(21)22/h2-5,11-13,18-19H,6-8,15H2,1H3,(H,16,20)/t11-,12+,13+/m0/s1. The lowest BCUT2D eigenvalue weighted by Gasteiger charge is -2.24. The van der Waals surface area contributed by atoms with Gasteiger partial charge in [0.05, 0.1) is 29.4 Å². The third-order valence-electron chi connectivity index (χ3n) is 3.49. The average Bonchev–Trinajstić information content (AvgIpc) is 2.56. The highest BCUT2D eigenvalue weighted by Gasteiger charge is 2.25. The molecule has 0 fully saturated rings. The number of hydrogen-bond donors (Lipinski definition) is 4. The van der Waals surface area contributed by atoms with Gasteiger partial charge in [0.2, 0.25) is 5.91 Å². The Balaban J connectivity index is 2.73. The van der Waals surface area contributed by atoms with Gasteiger partial charge >= 0.3 is 0 Å². The van der Waals surface area contributed by atoms with Crippen LogP contribution in [-0.4, -0.2) is 60.2 Å². The van der Waals surface area contributed by atoms with E-state index in [1.54, 1.807) is 0 Å². The molecule has 10 nitrogen and oxygen atoms in total. The molecule has 0 heterocycles. The molecule has 1 aromatic carbocycles. The summed E-state index contributed by atoms with van der Waals surface area (Å²) in [5, 5.41) is 32.5. The number of amides is 1. The first-order valence-electron chi connectivity index (χ1n) is 7.32. The minimum atomic E-state index is -3.27. The summed E-state index contributed by atoms with van der Waals surface area (Å²) in [6.45, 7) is -0.608. The van der Waals surface area contributed by atoms with Crippen molar-refractivity contribution in [2.24, 2.45) is 5.73 Å². The van der Waals surface area contributed by atoms with Crippen molar-refractivity contribution in [3.05, 3.63) is 39.9 Å². The molecule has 0 aromatic heterocycles. The molecule has 0 aliphatic rings. The van der Waals surface area contributed by atoms with Crippen LogP contribution in [0.4, 0.5) is 5.69 Å². The van der Waals surface area contributed by atoms with Crippen LogP contribution in [0.5, 0.6) is 0 Å². The summed E-state index contributed by atoms with van der Waals surface area (Å²) in [4.78, 5) is 22.0. The van der Waals surface area contributed by atoms with Gasteiger partial charge in [0.15, 0.2) is 0 Å². The lowest BCUT2D eigenvalue weighted by Crippen LogP contribution is -2.49. The molecular weight excluding hydrogens is 354 g/mol. The van der Waals surface area contributed by atoms with Crippen molar-refractivity contribution >= 4 is 21.4 Å². The molecule has 1 rings (SSSR count). The summed E-state index contributed by atoms with van der Waals surface area (Å²) in [6.07, 6.45) is -0.403. The number of nitrogens with one attached hydrogen (secondary N) is 1. The Hall–Kier alpha value is -2.08. The molecule has 1 amide bonds. The average molecular weight is 375 g/mol. The summed E-state index contributed by atoms with van der Waals surface area (Å²) in [7, 11) is -3.27. The van der Waals surface area contributed by atoms with E-state index in [0.717, 1.165) is 6.26 Å². The molecule has 140 valence electrons. The molecule has 0 saturated heterocycles. The molecule has 0 saturated carbocycles. The normalized spacial score (nSPS) is 15.2. The zero-order valence-corrected chi connectivity index (χ0v) is 14.3. The number of nitrogens with two attached hydrogens (primary N) is 1. The van der Waals surface area contributed by atoms with Gasteiger partial charge in [-0.05, 0) is 24.1 Å². The minimum Gasteiger partial charge on any atom is -0.394 e. The van der Waals surface area contributed by atoms with E-state index < -0.39 is 45.5 Å². The molecule has 0 spiro atoms. The Labute approximate surface area is 144 Å². The fourth-order valence-electron chi connectivity index (χ4n) is 2.01. The van der Waals surface area contributed by atoms with Crippen LogP contribution in [0.25, 0.3) is 0 Å². The second-order valence-corrected chi connectivity index (χ2v) is 7.88. The maximum absolute atomic E-state index is 12.0. The molecule has 0 radical (unpaired) electrons. The number of carbonyl (C=O) groups is 1. The van der Waals surface area contributed by atoms with Gasteiger partial charge in [-0.15, -0.1) is 0 Å². The Morgan fingerprint density at radius 3 is 2.36 bits per heavy atom. The van der Waals surface area contributed by atoms with E-state index in [9.17, 15) is 33.5 Å². The molecule has 3 atom stereocenters. The van der Waals surface area contributed by atoms with Crippen molar-refractivity contribution in [1.82, 2.24) is 5.32 Å². The maximum Gasteiger partial charge on any atom is 0.269 e.